The molecule has 3 nitrogen and oxygen atoms in total. The largest absolute Gasteiger partial charge is 0.389 e. The second-order valence-electron chi connectivity index (χ2n) is 5.55. The molecule has 2 N–H and O–H groups in total. The molecule has 2 rings (SSSR count). The highest BCUT2D eigenvalue weighted by molar-refractivity contribution is 7.80. The van der Waals surface area contributed by atoms with Crippen LogP contribution in [0.25, 0.3) is 0 Å². The van der Waals surface area contributed by atoms with Gasteiger partial charge in [-0.05, 0) is 19.9 Å². The molecule has 1 saturated heterocycles. The Kier molecular flexibility index (Phi) is 5.07. The minimum atomic E-state index is -0.272. The van der Waals surface area contributed by atoms with Crippen molar-refractivity contribution in [1.29, 1.82) is 0 Å². The highest BCUT2D eigenvalue weighted by atomic mass is 32.1. The number of thiocarbonyl (C=S) groups is 1. The molecule has 1 aliphatic rings. The van der Waals surface area contributed by atoms with Crippen molar-refractivity contribution in [3.05, 3.63) is 35.1 Å². The van der Waals surface area contributed by atoms with Crippen LogP contribution in [0, 0.1) is 5.82 Å². The third kappa shape index (κ3) is 3.53. The maximum atomic E-state index is 14.3. The minimum absolute atomic E-state index is 0.119. The summed E-state index contributed by atoms with van der Waals surface area (Å²) in [7, 11) is 0. The van der Waals surface area contributed by atoms with E-state index < -0.39 is 0 Å². The summed E-state index contributed by atoms with van der Waals surface area (Å²) in [5.74, 6) is -0.272. The van der Waals surface area contributed by atoms with E-state index in [9.17, 15) is 4.39 Å². The lowest BCUT2D eigenvalue weighted by molar-refractivity contribution is 0.103. The van der Waals surface area contributed by atoms with Crippen molar-refractivity contribution in [3.8, 4) is 0 Å². The Morgan fingerprint density at radius 3 is 2.50 bits per heavy atom. The van der Waals surface area contributed by atoms with E-state index in [1.807, 2.05) is 12.1 Å². The Bertz CT molecular complexity index is 482. The van der Waals surface area contributed by atoms with E-state index in [0.717, 1.165) is 26.2 Å². The summed E-state index contributed by atoms with van der Waals surface area (Å²) < 4.78 is 14.3. The van der Waals surface area contributed by atoms with Gasteiger partial charge in [0.15, 0.2) is 0 Å². The second kappa shape index (κ2) is 6.61. The number of piperazine rings is 1. The van der Waals surface area contributed by atoms with E-state index >= 15 is 0 Å². The summed E-state index contributed by atoms with van der Waals surface area (Å²) in [4.78, 5) is 4.84. The smallest absolute Gasteiger partial charge is 0.137 e. The van der Waals surface area contributed by atoms with E-state index in [0.29, 0.717) is 23.7 Å². The van der Waals surface area contributed by atoms with Gasteiger partial charge < -0.3 is 5.73 Å². The molecule has 110 valence electrons. The number of nitrogens with zero attached hydrogens (tertiary/aromatic N) is 2. The van der Waals surface area contributed by atoms with Crippen molar-refractivity contribution >= 4 is 17.2 Å². The Hall–Kier alpha value is -1.04. The van der Waals surface area contributed by atoms with Crippen LogP contribution >= 0.6 is 12.2 Å². The lowest BCUT2D eigenvalue weighted by Gasteiger charge is -2.37. The Morgan fingerprint density at radius 2 is 1.95 bits per heavy atom. The SMILES string of the molecule is CC(C)N1CCN(Cc2cccc(C(N)=S)c2F)CC1. The third-order valence-corrected chi connectivity index (χ3v) is 4.10. The van der Waals surface area contributed by atoms with Gasteiger partial charge in [-0.25, -0.2) is 4.39 Å². The first kappa shape index (κ1) is 15.4. The van der Waals surface area contributed by atoms with Crippen LogP contribution in [0.2, 0.25) is 0 Å². The predicted octanol–water partition coefficient (Wildman–Crippen LogP) is 1.99. The van der Waals surface area contributed by atoms with Crippen molar-refractivity contribution in [1.82, 2.24) is 9.80 Å². The average molecular weight is 295 g/mol. The molecular formula is C15H22FN3S. The van der Waals surface area contributed by atoms with Gasteiger partial charge in [-0.1, -0.05) is 24.4 Å². The number of rotatable bonds is 4. The van der Waals surface area contributed by atoms with E-state index in [-0.39, 0.29) is 10.8 Å². The van der Waals surface area contributed by atoms with Crippen LogP contribution < -0.4 is 5.73 Å². The topological polar surface area (TPSA) is 32.5 Å². The fourth-order valence-corrected chi connectivity index (χ4v) is 2.73. The summed E-state index contributed by atoms with van der Waals surface area (Å²) in [6.07, 6.45) is 0. The van der Waals surface area contributed by atoms with Gasteiger partial charge in [-0.2, -0.15) is 0 Å². The van der Waals surface area contributed by atoms with Crippen molar-refractivity contribution in [3.63, 3.8) is 0 Å². The molecule has 0 radical (unpaired) electrons. The number of hydrogen-bond acceptors (Lipinski definition) is 3. The van der Waals surface area contributed by atoms with Crippen molar-refractivity contribution < 1.29 is 4.39 Å². The van der Waals surface area contributed by atoms with Crippen LogP contribution in [-0.4, -0.2) is 47.0 Å². The molecule has 1 heterocycles. The molecule has 0 amide bonds. The highest BCUT2D eigenvalue weighted by Crippen LogP contribution is 2.16. The van der Waals surface area contributed by atoms with Gasteiger partial charge in [0.1, 0.15) is 10.8 Å². The first-order chi connectivity index (χ1) is 9.49. The molecule has 0 saturated carbocycles. The number of halogens is 1. The summed E-state index contributed by atoms with van der Waals surface area (Å²) in [6.45, 7) is 9.04. The predicted molar refractivity (Wildman–Crippen MR) is 84.3 cm³/mol. The summed E-state index contributed by atoms with van der Waals surface area (Å²) in [6, 6.07) is 5.84. The highest BCUT2D eigenvalue weighted by Gasteiger charge is 2.20. The van der Waals surface area contributed by atoms with E-state index in [1.54, 1.807) is 6.07 Å². The first-order valence-electron chi connectivity index (χ1n) is 7.02. The van der Waals surface area contributed by atoms with Crippen LogP contribution in [-0.2, 0) is 6.54 Å². The van der Waals surface area contributed by atoms with Crippen molar-refractivity contribution in [2.75, 3.05) is 26.2 Å². The maximum absolute atomic E-state index is 14.3. The van der Waals surface area contributed by atoms with Gasteiger partial charge in [0.05, 0.1) is 0 Å². The van der Waals surface area contributed by atoms with Crippen molar-refractivity contribution in [2.45, 2.75) is 26.4 Å². The zero-order valence-corrected chi connectivity index (χ0v) is 12.9. The fraction of sp³-hybridized carbons (Fsp3) is 0.533. The third-order valence-electron chi connectivity index (χ3n) is 3.88. The normalized spacial score (nSPS) is 17.6. The monoisotopic (exact) mass is 295 g/mol. The zero-order valence-electron chi connectivity index (χ0n) is 12.1. The van der Waals surface area contributed by atoms with Gasteiger partial charge in [0.25, 0.3) is 0 Å². The standard InChI is InChI=1S/C15H22FN3S/c1-11(2)19-8-6-18(7-9-19)10-12-4-3-5-13(14(12)16)15(17)20/h3-5,11H,6-10H2,1-2H3,(H2,17,20). The van der Waals surface area contributed by atoms with Gasteiger partial charge in [0.2, 0.25) is 0 Å². The lowest BCUT2D eigenvalue weighted by atomic mass is 10.1. The van der Waals surface area contributed by atoms with Crippen LogP contribution in [0.5, 0.6) is 0 Å². The second-order valence-corrected chi connectivity index (χ2v) is 5.99. The lowest BCUT2D eigenvalue weighted by Crippen LogP contribution is -2.48. The molecule has 0 bridgehead atoms. The van der Waals surface area contributed by atoms with Crippen LogP contribution in [0.4, 0.5) is 4.39 Å². The molecule has 0 atom stereocenters. The summed E-state index contributed by atoms with van der Waals surface area (Å²) in [5.41, 5.74) is 6.56. The van der Waals surface area contributed by atoms with Gasteiger partial charge >= 0.3 is 0 Å². The number of hydrogen-bond donors (Lipinski definition) is 1. The molecule has 0 unspecified atom stereocenters. The van der Waals surface area contributed by atoms with Crippen LogP contribution in [0.15, 0.2) is 18.2 Å². The molecular weight excluding hydrogens is 273 g/mol. The Morgan fingerprint density at radius 1 is 1.30 bits per heavy atom. The average Bonchev–Trinajstić information content (AvgIpc) is 2.41. The van der Waals surface area contributed by atoms with E-state index in [4.69, 9.17) is 18.0 Å². The fourth-order valence-electron chi connectivity index (χ4n) is 2.57. The minimum Gasteiger partial charge on any atom is -0.389 e. The molecule has 0 aromatic heterocycles. The summed E-state index contributed by atoms with van der Waals surface area (Å²) >= 11 is 4.88. The van der Waals surface area contributed by atoms with Gasteiger partial charge in [-0.15, -0.1) is 0 Å². The Labute approximate surface area is 125 Å². The quantitative estimate of drug-likeness (QED) is 0.861. The molecule has 1 aromatic rings. The van der Waals surface area contributed by atoms with E-state index in [1.165, 1.54) is 0 Å². The first-order valence-corrected chi connectivity index (χ1v) is 7.43. The molecule has 1 aromatic carbocycles. The van der Waals surface area contributed by atoms with Crippen LogP contribution in [0.1, 0.15) is 25.0 Å². The zero-order chi connectivity index (χ0) is 14.7. The molecule has 0 aliphatic carbocycles. The molecule has 20 heavy (non-hydrogen) atoms. The molecule has 1 aliphatic heterocycles. The molecule has 5 heteroatoms. The van der Waals surface area contributed by atoms with Crippen molar-refractivity contribution in [2.24, 2.45) is 5.73 Å². The van der Waals surface area contributed by atoms with Crippen LogP contribution in [0.3, 0.4) is 0 Å². The van der Waals surface area contributed by atoms with Gasteiger partial charge in [0, 0.05) is 49.9 Å². The van der Waals surface area contributed by atoms with E-state index in [2.05, 4.69) is 23.6 Å². The maximum Gasteiger partial charge on any atom is 0.137 e. The van der Waals surface area contributed by atoms with Gasteiger partial charge in [-0.3, -0.25) is 9.80 Å². The molecule has 1 fully saturated rings. The molecule has 0 spiro atoms. The Balaban J connectivity index is 2.01. The summed E-state index contributed by atoms with van der Waals surface area (Å²) in [5, 5.41) is 0. The number of nitrogens with two attached hydrogens (primary N) is 1. The number of benzene rings is 1.